The van der Waals surface area contributed by atoms with Gasteiger partial charge >= 0.3 is 0 Å². The molecule has 4 rings (SSSR count). The highest BCUT2D eigenvalue weighted by Gasteiger charge is 2.30. The van der Waals surface area contributed by atoms with Crippen LogP contribution >= 0.6 is 0 Å². The molecule has 4 heterocycles. The first-order chi connectivity index (χ1) is 12.3. The first-order valence-corrected chi connectivity index (χ1v) is 8.62. The second-order valence-corrected chi connectivity index (χ2v) is 6.22. The van der Waals surface area contributed by atoms with E-state index in [2.05, 4.69) is 15.0 Å². The van der Waals surface area contributed by atoms with Crippen molar-refractivity contribution < 1.29 is 14.3 Å². The van der Waals surface area contributed by atoms with Gasteiger partial charge in [-0.2, -0.15) is 0 Å². The summed E-state index contributed by atoms with van der Waals surface area (Å²) >= 11 is 0. The lowest BCUT2D eigenvalue weighted by Gasteiger charge is -2.23. The van der Waals surface area contributed by atoms with Gasteiger partial charge in [-0.1, -0.05) is 0 Å². The predicted molar refractivity (Wildman–Crippen MR) is 89.3 cm³/mol. The van der Waals surface area contributed by atoms with Gasteiger partial charge in [-0.15, -0.1) is 0 Å². The lowest BCUT2D eigenvalue weighted by atomic mass is 10.1. The number of carbonyl (C=O) groups is 1. The van der Waals surface area contributed by atoms with Crippen molar-refractivity contribution in [1.29, 1.82) is 0 Å². The highest BCUT2D eigenvalue weighted by molar-refractivity contribution is 5.81. The molecule has 2 aromatic heterocycles. The highest BCUT2D eigenvalue weighted by Crippen LogP contribution is 2.27. The maximum absolute atomic E-state index is 12.6. The standard InChI is InChI=1S/C18H20N4O3/c23-18(16-4-2-10-24-16)22-8-5-14-15(6-9-22)20-12-21-17(14)25-13-3-1-7-19-11-13/h1,3,7,11-12,16H,2,4-6,8-10H2/t16-/m1/s1. The molecule has 0 aromatic carbocycles. The summed E-state index contributed by atoms with van der Waals surface area (Å²) in [5.74, 6) is 1.28. The maximum Gasteiger partial charge on any atom is 0.251 e. The summed E-state index contributed by atoms with van der Waals surface area (Å²) in [5, 5.41) is 0. The molecule has 2 aliphatic heterocycles. The molecule has 0 bridgehead atoms. The second kappa shape index (κ2) is 7.14. The molecular weight excluding hydrogens is 320 g/mol. The number of carbonyl (C=O) groups excluding carboxylic acids is 1. The quantitative estimate of drug-likeness (QED) is 0.847. The third kappa shape index (κ3) is 3.46. The molecule has 0 saturated carbocycles. The Kier molecular flexibility index (Phi) is 4.56. The zero-order chi connectivity index (χ0) is 17.1. The largest absolute Gasteiger partial charge is 0.437 e. The normalized spacial score (nSPS) is 20.0. The highest BCUT2D eigenvalue weighted by atomic mass is 16.5. The van der Waals surface area contributed by atoms with Crippen molar-refractivity contribution >= 4 is 5.91 Å². The van der Waals surface area contributed by atoms with Gasteiger partial charge < -0.3 is 14.4 Å². The maximum atomic E-state index is 12.6. The van der Waals surface area contributed by atoms with Gasteiger partial charge in [-0.05, 0) is 31.4 Å². The molecular formula is C18H20N4O3. The van der Waals surface area contributed by atoms with Crippen molar-refractivity contribution in [3.63, 3.8) is 0 Å². The van der Waals surface area contributed by atoms with E-state index in [0.29, 0.717) is 44.2 Å². The van der Waals surface area contributed by atoms with Crippen LogP contribution in [-0.2, 0) is 22.4 Å². The number of rotatable bonds is 3. The van der Waals surface area contributed by atoms with E-state index in [1.807, 2.05) is 17.0 Å². The van der Waals surface area contributed by atoms with Gasteiger partial charge in [0.15, 0.2) is 0 Å². The van der Waals surface area contributed by atoms with Crippen molar-refractivity contribution in [1.82, 2.24) is 19.9 Å². The van der Waals surface area contributed by atoms with Crippen LogP contribution in [0.25, 0.3) is 0 Å². The molecule has 0 N–H and O–H groups in total. The minimum Gasteiger partial charge on any atom is -0.437 e. The van der Waals surface area contributed by atoms with Gasteiger partial charge in [0.2, 0.25) is 5.88 Å². The summed E-state index contributed by atoms with van der Waals surface area (Å²) in [4.78, 5) is 27.2. The Morgan fingerprint density at radius 3 is 3.00 bits per heavy atom. The smallest absolute Gasteiger partial charge is 0.251 e. The topological polar surface area (TPSA) is 77.4 Å². The lowest BCUT2D eigenvalue weighted by Crippen LogP contribution is -2.40. The Morgan fingerprint density at radius 1 is 1.28 bits per heavy atom. The third-order valence-corrected chi connectivity index (χ3v) is 4.61. The van der Waals surface area contributed by atoms with E-state index in [9.17, 15) is 4.79 Å². The van der Waals surface area contributed by atoms with E-state index in [-0.39, 0.29) is 12.0 Å². The van der Waals surface area contributed by atoms with E-state index >= 15 is 0 Å². The second-order valence-electron chi connectivity index (χ2n) is 6.22. The minimum absolute atomic E-state index is 0.0907. The Balaban J connectivity index is 1.51. The molecule has 1 fully saturated rings. The molecule has 25 heavy (non-hydrogen) atoms. The van der Waals surface area contributed by atoms with Crippen LogP contribution < -0.4 is 4.74 Å². The summed E-state index contributed by atoms with van der Waals surface area (Å²) in [6.07, 6.45) is 7.72. The Hall–Kier alpha value is -2.54. The number of hydrogen-bond donors (Lipinski definition) is 0. The molecule has 0 aliphatic carbocycles. The fourth-order valence-corrected chi connectivity index (χ4v) is 3.30. The van der Waals surface area contributed by atoms with Gasteiger partial charge in [0.1, 0.15) is 18.2 Å². The van der Waals surface area contributed by atoms with Gasteiger partial charge in [0.25, 0.3) is 5.91 Å². The molecule has 130 valence electrons. The molecule has 0 radical (unpaired) electrons. The average molecular weight is 340 g/mol. The van der Waals surface area contributed by atoms with Crippen molar-refractivity contribution in [3.05, 3.63) is 42.1 Å². The summed E-state index contributed by atoms with van der Waals surface area (Å²) < 4.78 is 11.4. The van der Waals surface area contributed by atoms with E-state index in [4.69, 9.17) is 9.47 Å². The van der Waals surface area contributed by atoms with Crippen LogP contribution in [0.5, 0.6) is 11.6 Å². The SMILES string of the molecule is O=C([C@H]1CCCO1)N1CCc2ncnc(Oc3cccnc3)c2CC1. The van der Waals surface area contributed by atoms with Crippen LogP contribution in [0, 0.1) is 0 Å². The van der Waals surface area contributed by atoms with Gasteiger partial charge in [0, 0.05) is 37.9 Å². The van der Waals surface area contributed by atoms with Crippen molar-refractivity contribution in [2.75, 3.05) is 19.7 Å². The third-order valence-electron chi connectivity index (χ3n) is 4.61. The zero-order valence-electron chi connectivity index (χ0n) is 13.9. The first-order valence-electron chi connectivity index (χ1n) is 8.62. The van der Waals surface area contributed by atoms with Crippen molar-refractivity contribution in [2.45, 2.75) is 31.8 Å². The lowest BCUT2D eigenvalue weighted by molar-refractivity contribution is -0.140. The monoisotopic (exact) mass is 340 g/mol. The van der Waals surface area contributed by atoms with Crippen LogP contribution in [0.3, 0.4) is 0 Å². The molecule has 1 saturated heterocycles. The van der Waals surface area contributed by atoms with Crippen molar-refractivity contribution in [2.24, 2.45) is 0 Å². The van der Waals surface area contributed by atoms with Gasteiger partial charge in [-0.25, -0.2) is 9.97 Å². The Labute approximate surface area is 146 Å². The van der Waals surface area contributed by atoms with Crippen LogP contribution in [0.4, 0.5) is 0 Å². The Bertz CT molecular complexity index is 747. The van der Waals surface area contributed by atoms with Gasteiger partial charge in [-0.3, -0.25) is 9.78 Å². The molecule has 7 heteroatoms. The first kappa shape index (κ1) is 16.0. The van der Waals surface area contributed by atoms with Crippen LogP contribution in [-0.4, -0.2) is 51.6 Å². The van der Waals surface area contributed by atoms with Crippen LogP contribution in [0.15, 0.2) is 30.9 Å². The van der Waals surface area contributed by atoms with E-state index in [0.717, 1.165) is 24.1 Å². The number of amides is 1. The zero-order valence-corrected chi connectivity index (χ0v) is 13.9. The fraction of sp³-hybridized carbons (Fsp3) is 0.444. The number of fused-ring (bicyclic) bond motifs is 1. The number of pyridine rings is 1. The molecule has 7 nitrogen and oxygen atoms in total. The van der Waals surface area contributed by atoms with Crippen LogP contribution in [0.2, 0.25) is 0 Å². The van der Waals surface area contributed by atoms with E-state index < -0.39 is 0 Å². The van der Waals surface area contributed by atoms with E-state index in [1.165, 1.54) is 6.33 Å². The number of ether oxygens (including phenoxy) is 2. The van der Waals surface area contributed by atoms with Crippen molar-refractivity contribution in [3.8, 4) is 11.6 Å². The molecule has 1 amide bonds. The number of aromatic nitrogens is 3. The number of hydrogen-bond acceptors (Lipinski definition) is 6. The summed E-state index contributed by atoms with van der Waals surface area (Å²) in [7, 11) is 0. The van der Waals surface area contributed by atoms with Gasteiger partial charge in [0.05, 0.1) is 11.9 Å². The molecule has 0 unspecified atom stereocenters. The fourth-order valence-electron chi connectivity index (χ4n) is 3.30. The van der Waals surface area contributed by atoms with E-state index in [1.54, 1.807) is 12.4 Å². The van der Waals surface area contributed by atoms with Crippen LogP contribution in [0.1, 0.15) is 24.1 Å². The predicted octanol–water partition coefficient (Wildman–Crippen LogP) is 1.77. The molecule has 1 atom stereocenters. The molecule has 0 spiro atoms. The summed E-state index contributed by atoms with van der Waals surface area (Å²) in [5.41, 5.74) is 1.91. The molecule has 2 aromatic rings. The molecule has 2 aliphatic rings. The summed E-state index contributed by atoms with van der Waals surface area (Å²) in [6, 6.07) is 3.66. The minimum atomic E-state index is -0.279. The average Bonchev–Trinajstić information content (AvgIpc) is 3.09. The summed E-state index contributed by atoms with van der Waals surface area (Å²) in [6.45, 7) is 1.95. The Morgan fingerprint density at radius 2 is 2.20 bits per heavy atom. The number of nitrogens with zero attached hydrogens (tertiary/aromatic N) is 4.